The smallest absolute Gasteiger partial charge is 0.236 e. The average Bonchev–Trinajstić information content (AvgIpc) is 3.13. The number of rotatable bonds is 6. The summed E-state index contributed by atoms with van der Waals surface area (Å²) < 4.78 is 1.84. The van der Waals surface area contributed by atoms with Gasteiger partial charge in [-0.25, -0.2) is 9.97 Å². The first-order valence-corrected chi connectivity index (χ1v) is 7.81. The first kappa shape index (κ1) is 15.4. The quantitative estimate of drug-likeness (QED) is 0.732. The molecule has 23 heavy (non-hydrogen) atoms. The molecule has 1 aliphatic heterocycles. The van der Waals surface area contributed by atoms with Crippen LogP contribution < -0.4 is 10.2 Å². The molecule has 1 N–H and O–H groups in total. The Kier molecular flexibility index (Phi) is 5.15. The number of nitrogens with zero attached hydrogens (tertiary/aromatic N) is 6. The van der Waals surface area contributed by atoms with Gasteiger partial charge in [-0.2, -0.15) is 5.10 Å². The van der Waals surface area contributed by atoms with Crippen molar-refractivity contribution in [2.75, 3.05) is 44.2 Å². The van der Waals surface area contributed by atoms with Crippen LogP contribution in [0.25, 0.3) is 0 Å². The summed E-state index contributed by atoms with van der Waals surface area (Å²) in [6.45, 7) is 4.80. The van der Waals surface area contributed by atoms with E-state index in [1.807, 2.05) is 21.8 Å². The molecule has 1 saturated heterocycles. The van der Waals surface area contributed by atoms with Crippen LogP contribution in [-0.4, -0.2) is 69.8 Å². The monoisotopic (exact) mass is 315 g/mol. The van der Waals surface area contributed by atoms with Crippen molar-refractivity contribution in [1.82, 2.24) is 30.0 Å². The lowest BCUT2D eigenvalue weighted by Crippen LogP contribution is -2.51. The first-order valence-electron chi connectivity index (χ1n) is 7.81. The summed E-state index contributed by atoms with van der Waals surface area (Å²) in [6.07, 6.45) is 7.14. The zero-order chi connectivity index (χ0) is 15.9. The highest BCUT2D eigenvalue weighted by molar-refractivity contribution is 5.78. The number of nitrogens with one attached hydrogen (secondary N) is 1. The minimum atomic E-state index is 0.138. The van der Waals surface area contributed by atoms with Crippen molar-refractivity contribution in [3.63, 3.8) is 0 Å². The Morgan fingerprint density at radius 2 is 1.87 bits per heavy atom. The van der Waals surface area contributed by atoms with Crippen molar-refractivity contribution in [3.8, 4) is 0 Å². The molecular weight excluding hydrogens is 294 g/mol. The van der Waals surface area contributed by atoms with Crippen LogP contribution in [0.15, 0.2) is 36.9 Å². The van der Waals surface area contributed by atoms with Crippen molar-refractivity contribution in [2.45, 2.75) is 6.54 Å². The molecule has 2 aromatic rings. The van der Waals surface area contributed by atoms with Gasteiger partial charge in [-0.1, -0.05) is 0 Å². The summed E-state index contributed by atoms with van der Waals surface area (Å²) in [7, 11) is 0. The predicted octanol–water partition coefficient (Wildman–Crippen LogP) is -0.388. The number of carbonyl (C=O) groups is 1. The Bertz CT molecular complexity index is 594. The Hall–Kier alpha value is -2.48. The molecule has 0 spiro atoms. The summed E-state index contributed by atoms with van der Waals surface area (Å²) in [6, 6.07) is 3.69. The summed E-state index contributed by atoms with van der Waals surface area (Å²) in [4.78, 5) is 24.7. The third-order valence-electron chi connectivity index (χ3n) is 3.82. The molecule has 0 radical (unpaired) electrons. The molecule has 1 amide bonds. The van der Waals surface area contributed by atoms with Crippen LogP contribution >= 0.6 is 0 Å². The maximum Gasteiger partial charge on any atom is 0.236 e. The molecule has 0 atom stereocenters. The number of aromatic nitrogens is 4. The summed E-state index contributed by atoms with van der Waals surface area (Å²) in [5, 5.41) is 7.30. The Labute approximate surface area is 135 Å². The standard InChI is InChI=1S/C15H21N7O/c23-14(13-16-6-8-22-7-2-5-19-22)20-9-11-21(12-10-20)15-17-3-1-4-18-15/h1-5,7,16H,6,8-13H2. The fourth-order valence-corrected chi connectivity index (χ4v) is 2.54. The van der Waals surface area contributed by atoms with Gasteiger partial charge in [-0.3, -0.25) is 9.48 Å². The molecule has 3 heterocycles. The van der Waals surface area contributed by atoms with E-state index in [-0.39, 0.29) is 5.91 Å². The second-order valence-corrected chi connectivity index (χ2v) is 5.36. The van der Waals surface area contributed by atoms with E-state index in [4.69, 9.17) is 0 Å². The lowest BCUT2D eigenvalue weighted by molar-refractivity contribution is -0.130. The second-order valence-electron chi connectivity index (χ2n) is 5.36. The number of carbonyl (C=O) groups excluding carboxylic acids is 1. The maximum atomic E-state index is 12.2. The molecule has 1 fully saturated rings. The van der Waals surface area contributed by atoms with Gasteiger partial charge in [0.2, 0.25) is 11.9 Å². The molecule has 0 unspecified atom stereocenters. The van der Waals surface area contributed by atoms with E-state index in [1.54, 1.807) is 24.7 Å². The van der Waals surface area contributed by atoms with Crippen molar-refractivity contribution in [2.24, 2.45) is 0 Å². The fraction of sp³-hybridized carbons (Fsp3) is 0.467. The molecule has 0 aliphatic carbocycles. The summed E-state index contributed by atoms with van der Waals surface area (Å²) in [5.41, 5.74) is 0. The highest BCUT2D eigenvalue weighted by atomic mass is 16.2. The topological polar surface area (TPSA) is 79.2 Å². The lowest BCUT2D eigenvalue weighted by Gasteiger charge is -2.34. The third kappa shape index (κ3) is 4.26. The van der Waals surface area contributed by atoms with Crippen molar-refractivity contribution in [1.29, 1.82) is 0 Å². The number of hydrogen-bond donors (Lipinski definition) is 1. The van der Waals surface area contributed by atoms with Crippen molar-refractivity contribution < 1.29 is 4.79 Å². The SMILES string of the molecule is O=C(CNCCn1cccn1)N1CCN(c2ncccn2)CC1. The van der Waals surface area contributed by atoms with Crippen LogP contribution in [0.5, 0.6) is 0 Å². The van der Waals surface area contributed by atoms with Gasteiger partial charge in [0, 0.05) is 57.5 Å². The molecular formula is C15H21N7O. The number of amides is 1. The average molecular weight is 315 g/mol. The minimum absolute atomic E-state index is 0.138. The van der Waals surface area contributed by atoms with Crippen LogP contribution in [0.4, 0.5) is 5.95 Å². The number of anilines is 1. The normalized spacial score (nSPS) is 15.0. The van der Waals surface area contributed by atoms with Gasteiger partial charge in [-0.15, -0.1) is 0 Å². The van der Waals surface area contributed by atoms with Crippen molar-refractivity contribution >= 4 is 11.9 Å². The molecule has 2 aromatic heterocycles. The number of piperazine rings is 1. The molecule has 8 nitrogen and oxygen atoms in total. The van der Waals surface area contributed by atoms with Crippen LogP contribution in [0, 0.1) is 0 Å². The number of hydrogen-bond acceptors (Lipinski definition) is 6. The Morgan fingerprint density at radius 1 is 1.09 bits per heavy atom. The van der Waals surface area contributed by atoms with Gasteiger partial charge in [-0.05, 0) is 12.1 Å². The fourth-order valence-electron chi connectivity index (χ4n) is 2.54. The van der Waals surface area contributed by atoms with Gasteiger partial charge in [0.05, 0.1) is 13.1 Å². The molecule has 3 rings (SSSR count). The van der Waals surface area contributed by atoms with E-state index in [9.17, 15) is 4.79 Å². The molecule has 0 bridgehead atoms. The van der Waals surface area contributed by atoms with Gasteiger partial charge >= 0.3 is 0 Å². The van der Waals surface area contributed by atoms with Gasteiger partial charge < -0.3 is 15.1 Å². The third-order valence-corrected chi connectivity index (χ3v) is 3.82. The zero-order valence-electron chi connectivity index (χ0n) is 13.0. The van der Waals surface area contributed by atoms with Crippen molar-refractivity contribution in [3.05, 3.63) is 36.9 Å². The van der Waals surface area contributed by atoms with E-state index >= 15 is 0 Å². The van der Waals surface area contributed by atoms with Crippen LogP contribution in [0.2, 0.25) is 0 Å². The molecule has 0 aromatic carbocycles. The maximum absolute atomic E-state index is 12.2. The van der Waals surface area contributed by atoms with Gasteiger partial charge in [0.15, 0.2) is 0 Å². The van der Waals surface area contributed by atoms with E-state index in [2.05, 4.69) is 25.3 Å². The molecule has 0 saturated carbocycles. The highest BCUT2D eigenvalue weighted by Gasteiger charge is 2.21. The highest BCUT2D eigenvalue weighted by Crippen LogP contribution is 2.09. The summed E-state index contributed by atoms with van der Waals surface area (Å²) >= 11 is 0. The zero-order valence-corrected chi connectivity index (χ0v) is 13.0. The molecule has 122 valence electrons. The second kappa shape index (κ2) is 7.68. The van der Waals surface area contributed by atoms with Crippen LogP contribution in [0.3, 0.4) is 0 Å². The molecule has 8 heteroatoms. The van der Waals surface area contributed by atoms with Crippen LogP contribution in [-0.2, 0) is 11.3 Å². The van der Waals surface area contributed by atoms with E-state index in [0.717, 1.165) is 32.1 Å². The van der Waals surface area contributed by atoms with E-state index in [1.165, 1.54) is 0 Å². The molecule has 1 aliphatic rings. The lowest BCUT2D eigenvalue weighted by atomic mass is 10.3. The first-order chi connectivity index (χ1) is 11.3. The van der Waals surface area contributed by atoms with Gasteiger partial charge in [0.25, 0.3) is 0 Å². The van der Waals surface area contributed by atoms with Crippen LogP contribution in [0.1, 0.15) is 0 Å². The Balaban J connectivity index is 1.36. The van der Waals surface area contributed by atoms with Gasteiger partial charge in [0.1, 0.15) is 0 Å². The Morgan fingerprint density at radius 3 is 2.57 bits per heavy atom. The van der Waals surface area contributed by atoms with E-state index in [0.29, 0.717) is 19.6 Å². The largest absolute Gasteiger partial charge is 0.338 e. The van der Waals surface area contributed by atoms with E-state index < -0.39 is 0 Å². The summed E-state index contributed by atoms with van der Waals surface area (Å²) in [5.74, 6) is 0.871. The minimum Gasteiger partial charge on any atom is -0.338 e. The predicted molar refractivity (Wildman–Crippen MR) is 85.9 cm³/mol.